The number of hydrogen-bond donors (Lipinski definition) is 1. The molecule has 0 heterocycles. The van der Waals surface area contributed by atoms with Crippen molar-refractivity contribution in [2.24, 2.45) is 5.73 Å². The number of hydrogen-bond acceptors (Lipinski definition) is 2. The number of aryl methyl sites for hydroxylation is 1. The van der Waals surface area contributed by atoms with E-state index in [1.54, 1.807) is 0 Å². The Kier molecular flexibility index (Phi) is 5.08. The molecule has 2 nitrogen and oxygen atoms in total. The molecule has 0 spiro atoms. The lowest BCUT2D eigenvalue weighted by atomic mass is 10.0. The quantitative estimate of drug-likeness (QED) is 0.874. The molecule has 0 aliphatic carbocycles. The maximum Gasteiger partial charge on any atom is 0.0676 e. The molecule has 1 atom stereocenters. The van der Waals surface area contributed by atoms with E-state index in [0.717, 1.165) is 20.7 Å². The van der Waals surface area contributed by atoms with E-state index in [4.69, 9.17) is 17.3 Å². The summed E-state index contributed by atoms with van der Waals surface area (Å²) in [6, 6.07) is 14.3. The summed E-state index contributed by atoms with van der Waals surface area (Å²) in [6.45, 7) is 2.59. The highest BCUT2D eigenvalue weighted by atomic mass is 79.9. The molecule has 2 N–H and O–H groups in total. The molecule has 1 unspecified atom stereocenters. The Hall–Kier alpha value is -1.03. The predicted molar refractivity (Wildman–Crippen MR) is 90.5 cm³/mol. The van der Waals surface area contributed by atoms with Gasteiger partial charge in [0.05, 0.1) is 6.04 Å². The van der Waals surface area contributed by atoms with E-state index in [1.807, 2.05) is 25.2 Å². The Labute approximate surface area is 133 Å². The van der Waals surface area contributed by atoms with Gasteiger partial charge in [0.15, 0.2) is 0 Å². The average Bonchev–Trinajstić information content (AvgIpc) is 2.41. The minimum absolute atomic E-state index is 0.0531. The lowest BCUT2D eigenvalue weighted by Gasteiger charge is -2.30. The van der Waals surface area contributed by atoms with Gasteiger partial charge in [-0.15, -0.1) is 0 Å². The summed E-state index contributed by atoms with van der Waals surface area (Å²) >= 11 is 9.78. The number of likely N-dealkylation sites (N-methyl/N-ethyl adjacent to an activating group) is 1. The van der Waals surface area contributed by atoms with Crippen LogP contribution in [0, 0.1) is 6.92 Å². The van der Waals surface area contributed by atoms with Crippen LogP contribution >= 0.6 is 27.5 Å². The minimum Gasteiger partial charge on any atom is -0.366 e. The van der Waals surface area contributed by atoms with E-state index in [2.05, 4.69) is 52.0 Å². The number of anilines is 1. The van der Waals surface area contributed by atoms with Gasteiger partial charge in [-0.2, -0.15) is 0 Å². The zero-order valence-corrected chi connectivity index (χ0v) is 13.9. The van der Waals surface area contributed by atoms with Crippen molar-refractivity contribution in [2.45, 2.75) is 13.0 Å². The van der Waals surface area contributed by atoms with Gasteiger partial charge in [-0.05, 0) is 42.3 Å². The van der Waals surface area contributed by atoms with Crippen LogP contribution in [0.15, 0.2) is 46.9 Å². The van der Waals surface area contributed by atoms with Crippen LogP contribution in [0.5, 0.6) is 0 Å². The minimum atomic E-state index is 0.0531. The largest absolute Gasteiger partial charge is 0.366 e. The van der Waals surface area contributed by atoms with Crippen LogP contribution in [0.1, 0.15) is 17.2 Å². The second-order valence-corrected chi connectivity index (χ2v) is 6.19. The van der Waals surface area contributed by atoms with E-state index in [0.29, 0.717) is 6.54 Å². The molecule has 0 radical (unpaired) electrons. The first-order valence-corrected chi connectivity index (χ1v) is 7.64. The average molecular weight is 354 g/mol. The second kappa shape index (κ2) is 6.61. The van der Waals surface area contributed by atoms with Crippen molar-refractivity contribution in [1.82, 2.24) is 0 Å². The maximum absolute atomic E-state index is 6.35. The molecule has 2 aromatic carbocycles. The van der Waals surface area contributed by atoms with Crippen molar-refractivity contribution in [1.29, 1.82) is 0 Å². The highest BCUT2D eigenvalue weighted by Gasteiger charge is 2.18. The van der Waals surface area contributed by atoms with Crippen LogP contribution in [0.4, 0.5) is 5.69 Å². The second-order valence-electron chi connectivity index (χ2n) is 4.87. The fourth-order valence-corrected chi connectivity index (χ4v) is 3.09. The molecular weight excluding hydrogens is 336 g/mol. The Balaban J connectivity index is 2.36. The van der Waals surface area contributed by atoms with Crippen molar-refractivity contribution in [3.05, 3.63) is 63.1 Å². The SMILES string of the molecule is Cc1cccc(N(C)C(CN)c2ccc(Br)cc2Cl)c1. The first kappa shape index (κ1) is 15.4. The molecule has 20 heavy (non-hydrogen) atoms. The molecule has 2 rings (SSSR count). The van der Waals surface area contributed by atoms with Crippen molar-refractivity contribution in [3.63, 3.8) is 0 Å². The molecule has 0 aliphatic rings. The van der Waals surface area contributed by atoms with Crippen molar-refractivity contribution >= 4 is 33.2 Å². The van der Waals surface area contributed by atoms with Crippen LogP contribution in [0.2, 0.25) is 5.02 Å². The van der Waals surface area contributed by atoms with E-state index >= 15 is 0 Å². The lowest BCUT2D eigenvalue weighted by molar-refractivity contribution is 0.680. The van der Waals surface area contributed by atoms with Crippen LogP contribution in [-0.4, -0.2) is 13.6 Å². The summed E-state index contributed by atoms with van der Waals surface area (Å²) in [5, 5.41) is 0.731. The fraction of sp³-hybridized carbons (Fsp3) is 0.250. The van der Waals surface area contributed by atoms with E-state index in [1.165, 1.54) is 5.56 Å². The molecule has 0 saturated carbocycles. The van der Waals surface area contributed by atoms with Crippen molar-refractivity contribution < 1.29 is 0 Å². The third kappa shape index (κ3) is 3.35. The Bertz CT molecular complexity index is 601. The van der Waals surface area contributed by atoms with Gasteiger partial charge < -0.3 is 10.6 Å². The fourth-order valence-electron chi connectivity index (χ4n) is 2.29. The highest BCUT2D eigenvalue weighted by Crippen LogP contribution is 2.31. The Morgan fingerprint density at radius 1 is 1.25 bits per heavy atom. The normalized spacial score (nSPS) is 12.2. The molecule has 0 aliphatic heterocycles. The maximum atomic E-state index is 6.35. The molecule has 0 amide bonds. The number of rotatable bonds is 4. The van der Waals surface area contributed by atoms with E-state index in [9.17, 15) is 0 Å². The van der Waals surface area contributed by atoms with Crippen LogP contribution in [-0.2, 0) is 0 Å². The lowest BCUT2D eigenvalue weighted by Crippen LogP contribution is -2.30. The number of nitrogens with two attached hydrogens (primary N) is 1. The van der Waals surface area contributed by atoms with Gasteiger partial charge in [-0.1, -0.05) is 45.7 Å². The van der Waals surface area contributed by atoms with Crippen LogP contribution < -0.4 is 10.6 Å². The first-order valence-electron chi connectivity index (χ1n) is 6.47. The van der Waals surface area contributed by atoms with E-state index < -0.39 is 0 Å². The standard InChI is InChI=1S/C16H18BrClN2/c1-11-4-3-5-13(8-11)20(2)16(10-19)14-7-6-12(17)9-15(14)18/h3-9,16H,10,19H2,1-2H3. The summed E-state index contributed by atoms with van der Waals surface area (Å²) in [5.41, 5.74) is 9.39. The van der Waals surface area contributed by atoms with Gasteiger partial charge in [0, 0.05) is 28.8 Å². The summed E-state index contributed by atoms with van der Waals surface area (Å²) in [4.78, 5) is 2.17. The summed E-state index contributed by atoms with van der Waals surface area (Å²) in [6.07, 6.45) is 0. The van der Waals surface area contributed by atoms with Gasteiger partial charge in [-0.25, -0.2) is 0 Å². The molecule has 4 heteroatoms. The molecule has 0 aromatic heterocycles. The van der Waals surface area contributed by atoms with Gasteiger partial charge in [0.1, 0.15) is 0 Å². The Morgan fingerprint density at radius 2 is 2.00 bits per heavy atom. The number of benzene rings is 2. The van der Waals surface area contributed by atoms with E-state index in [-0.39, 0.29) is 6.04 Å². The van der Waals surface area contributed by atoms with Crippen LogP contribution in [0.3, 0.4) is 0 Å². The third-order valence-electron chi connectivity index (χ3n) is 3.42. The van der Waals surface area contributed by atoms with Gasteiger partial charge in [0.2, 0.25) is 0 Å². The summed E-state index contributed by atoms with van der Waals surface area (Å²) < 4.78 is 0.972. The molecule has 2 aromatic rings. The van der Waals surface area contributed by atoms with Crippen molar-refractivity contribution in [2.75, 3.05) is 18.5 Å². The zero-order valence-electron chi connectivity index (χ0n) is 11.6. The number of nitrogens with zero attached hydrogens (tertiary/aromatic N) is 1. The predicted octanol–water partition coefficient (Wildman–Crippen LogP) is 4.55. The molecule has 0 saturated heterocycles. The molecule has 106 valence electrons. The topological polar surface area (TPSA) is 29.3 Å². The molecule has 0 bridgehead atoms. The van der Waals surface area contributed by atoms with Crippen LogP contribution in [0.25, 0.3) is 0 Å². The molecular formula is C16H18BrClN2. The highest BCUT2D eigenvalue weighted by molar-refractivity contribution is 9.10. The smallest absolute Gasteiger partial charge is 0.0676 e. The third-order valence-corrected chi connectivity index (χ3v) is 4.24. The first-order chi connectivity index (χ1) is 9.52. The van der Waals surface area contributed by atoms with Gasteiger partial charge in [-0.3, -0.25) is 0 Å². The number of halogens is 2. The summed E-state index contributed by atoms with van der Waals surface area (Å²) in [5.74, 6) is 0. The van der Waals surface area contributed by atoms with Crippen molar-refractivity contribution in [3.8, 4) is 0 Å². The van der Waals surface area contributed by atoms with Gasteiger partial charge in [0.25, 0.3) is 0 Å². The van der Waals surface area contributed by atoms with Gasteiger partial charge >= 0.3 is 0 Å². The zero-order chi connectivity index (χ0) is 14.7. The monoisotopic (exact) mass is 352 g/mol. The summed E-state index contributed by atoms with van der Waals surface area (Å²) in [7, 11) is 2.05. The Morgan fingerprint density at radius 3 is 2.60 bits per heavy atom. The molecule has 0 fully saturated rings.